The minimum atomic E-state index is -3.51. The predicted octanol–water partition coefficient (Wildman–Crippen LogP) is 3.04. The molecule has 1 aliphatic heterocycles. The van der Waals surface area contributed by atoms with Gasteiger partial charge in [0.15, 0.2) is 0 Å². The van der Waals surface area contributed by atoms with E-state index < -0.39 is 10.0 Å². The van der Waals surface area contributed by atoms with E-state index in [-0.39, 0.29) is 11.6 Å². The molecule has 3 aromatic heterocycles. The molecule has 1 fully saturated rings. The number of fused-ring (bicyclic) bond motifs is 1. The third-order valence-electron chi connectivity index (χ3n) is 4.53. The van der Waals surface area contributed by atoms with E-state index in [1.54, 1.807) is 23.6 Å². The zero-order chi connectivity index (χ0) is 21.5. The second kappa shape index (κ2) is 8.25. The molecule has 0 aromatic carbocycles. The molecular weight excluding hydrogens is 494 g/mol. The fraction of sp³-hybridized carbons (Fsp3) is 0.389. The number of ether oxygens (including phenoxy) is 2. The van der Waals surface area contributed by atoms with Crippen LogP contribution in [0.3, 0.4) is 0 Å². The smallest absolute Gasteiger partial charge is 0.238 e. The number of aromatic nitrogens is 3. The van der Waals surface area contributed by atoms with Gasteiger partial charge in [-0.05, 0) is 28.9 Å². The van der Waals surface area contributed by atoms with Gasteiger partial charge in [-0.3, -0.25) is 4.72 Å². The Kier molecular flexibility index (Phi) is 5.84. The molecular formula is C18H20BrN5O4S2. The Labute approximate surface area is 186 Å². The van der Waals surface area contributed by atoms with Crippen molar-refractivity contribution in [3.63, 3.8) is 0 Å². The van der Waals surface area contributed by atoms with Gasteiger partial charge in [0.25, 0.3) is 0 Å². The lowest BCUT2D eigenvalue weighted by molar-refractivity contribution is 0.122. The molecule has 0 radical (unpaired) electrons. The molecule has 160 valence electrons. The number of hydrogen-bond acceptors (Lipinski definition) is 9. The van der Waals surface area contributed by atoms with Crippen LogP contribution < -0.4 is 14.4 Å². The van der Waals surface area contributed by atoms with Crippen LogP contribution >= 0.6 is 27.3 Å². The summed E-state index contributed by atoms with van der Waals surface area (Å²) in [5, 5.41) is 0. The van der Waals surface area contributed by atoms with Gasteiger partial charge in [0.2, 0.25) is 21.9 Å². The summed E-state index contributed by atoms with van der Waals surface area (Å²) < 4.78 is 38.5. The second-order valence-corrected chi connectivity index (χ2v) is 10.5. The van der Waals surface area contributed by atoms with Crippen molar-refractivity contribution in [2.24, 2.45) is 0 Å². The Morgan fingerprint density at radius 2 is 2.03 bits per heavy atom. The van der Waals surface area contributed by atoms with Gasteiger partial charge in [0.05, 0.1) is 41.4 Å². The highest BCUT2D eigenvalue weighted by Gasteiger charge is 2.22. The van der Waals surface area contributed by atoms with E-state index in [0.29, 0.717) is 43.5 Å². The summed E-state index contributed by atoms with van der Waals surface area (Å²) in [6.07, 6.45) is 2.71. The van der Waals surface area contributed by atoms with Gasteiger partial charge >= 0.3 is 0 Å². The van der Waals surface area contributed by atoms with Crippen LogP contribution in [0.1, 0.15) is 4.88 Å². The van der Waals surface area contributed by atoms with Crippen molar-refractivity contribution in [3.8, 4) is 17.1 Å². The van der Waals surface area contributed by atoms with E-state index in [1.807, 2.05) is 6.92 Å². The average molecular weight is 514 g/mol. The van der Waals surface area contributed by atoms with Crippen LogP contribution in [-0.2, 0) is 14.8 Å². The molecule has 4 rings (SSSR count). The number of sulfonamides is 1. The van der Waals surface area contributed by atoms with Crippen LogP contribution in [0.5, 0.6) is 5.88 Å². The summed E-state index contributed by atoms with van der Waals surface area (Å²) in [7, 11) is -2.07. The molecule has 0 saturated carbocycles. The number of hydrogen-bond donors (Lipinski definition) is 1. The molecule has 0 aliphatic carbocycles. The largest absolute Gasteiger partial charge is 0.480 e. The number of methoxy groups -OCH3 is 1. The molecule has 9 nitrogen and oxygen atoms in total. The van der Waals surface area contributed by atoms with Gasteiger partial charge in [0.1, 0.15) is 11.2 Å². The number of morpholine rings is 1. The lowest BCUT2D eigenvalue weighted by atomic mass is 10.1. The highest BCUT2D eigenvalue weighted by atomic mass is 79.9. The van der Waals surface area contributed by atoms with E-state index in [2.05, 4.69) is 30.5 Å². The van der Waals surface area contributed by atoms with Gasteiger partial charge < -0.3 is 14.4 Å². The molecule has 4 heterocycles. The molecule has 30 heavy (non-hydrogen) atoms. The van der Waals surface area contributed by atoms with Crippen molar-refractivity contribution in [2.45, 2.75) is 6.92 Å². The Balaban J connectivity index is 1.91. The third-order valence-corrected chi connectivity index (χ3v) is 7.46. The van der Waals surface area contributed by atoms with E-state index in [0.717, 1.165) is 25.8 Å². The first-order valence-corrected chi connectivity index (χ1v) is 12.6. The highest BCUT2D eigenvalue weighted by Crippen LogP contribution is 2.41. The molecule has 0 amide bonds. The molecule has 0 bridgehead atoms. The molecule has 1 saturated heterocycles. The number of thiophene rings is 1. The van der Waals surface area contributed by atoms with Crippen LogP contribution in [0, 0.1) is 6.92 Å². The predicted molar refractivity (Wildman–Crippen MR) is 121 cm³/mol. The van der Waals surface area contributed by atoms with E-state index in [1.165, 1.54) is 7.11 Å². The summed E-state index contributed by atoms with van der Waals surface area (Å²) >= 11 is 5.21. The van der Waals surface area contributed by atoms with Crippen LogP contribution in [-0.4, -0.2) is 63.0 Å². The van der Waals surface area contributed by atoms with Crippen LogP contribution in [0.15, 0.2) is 16.7 Å². The Morgan fingerprint density at radius 3 is 2.70 bits per heavy atom. The topological polar surface area (TPSA) is 107 Å². The SMILES string of the molecule is COc1ncc(-c2nc(N3CCOCC3)nc3c(Br)c(C)sc23)cc1NS(C)(=O)=O. The third kappa shape index (κ3) is 4.22. The average Bonchev–Trinajstić information content (AvgIpc) is 3.01. The van der Waals surface area contributed by atoms with Gasteiger partial charge in [-0.25, -0.2) is 23.4 Å². The molecule has 3 aromatic rings. The fourth-order valence-electron chi connectivity index (χ4n) is 3.17. The maximum absolute atomic E-state index is 11.8. The first-order chi connectivity index (χ1) is 14.3. The van der Waals surface area contributed by atoms with E-state index >= 15 is 0 Å². The Morgan fingerprint density at radius 1 is 1.30 bits per heavy atom. The summed E-state index contributed by atoms with van der Waals surface area (Å²) in [5.74, 6) is 0.791. The number of anilines is 2. The molecule has 1 aliphatic rings. The van der Waals surface area contributed by atoms with Crippen LogP contribution in [0.2, 0.25) is 0 Å². The van der Waals surface area contributed by atoms with Crippen molar-refractivity contribution in [3.05, 3.63) is 21.6 Å². The number of pyridine rings is 1. The number of nitrogens with zero attached hydrogens (tertiary/aromatic N) is 4. The maximum Gasteiger partial charge on any atom is 0.238 e. The van der Waals surface area contributed by atoms with Crippen LogP contribution in [0.25, 0.3) is 21.5 Å². The molecule has 12 heteroatoms. The quantitative estimate of drug-likeness (QED) is 0.554. The molecule has 0 spiro atoms. The lowest BCUT2D eigenvalue weighted by Crippen LogP contribution is -2.37. The minimum Gasteiger partial charge on any atom is -0.480 e. The Hall–Kier alpha value is -2.02. The summed E-state index contributed by atoms with van der Waals surface area (Å²) in [6.45, 7) is 4.65. The zero-order valence-electron chi connectivity index (χ0n) is 16.6. The van der Waals surface area contributed by atoms with Crippen LogP contribution in [0.4, 0.5) is 11.6 Å². The first kappa shape index (κ1) is 21.2. The zero-order valence-corrected chi connectivity index (χ0v) is 19.8. The van der Waals surface area contributed by atoms with Crippen molar-refractivity contribution in [2.75, 3.05) is 49.3 Å². The standard InChI is InChI=1S/C18H20BrN5O4S2/c1-10-13(19)15-16(29-10)14(21-18(22-15)24-4-6-28-7-5-24)11-8-12(23-30(3,25)26)17(27-2)20-9-11/h8-9,23H,4-7H2,1-3H3. The first-order valence-electron chi connectivity index (χ1n) is 9.08. The Bertz CT molecular complexity index is 1210. The molecule has 0 atom stereocenters. The van der Waals surface area contributed by atoms with Crippen molar-refractivity contribution in [1.82, 2.24) is 15.0 Å². The van der Waals surface area contributed by atoms with Gasteiger partial charge in [0, 0.05) is 29.7 Å². The van der Waals surface area contributed by atoms with Gasteiger partial charge in [-0.2, -0.15) is 0 Å². The minimum absolute atomic E-state index is 0.186. The van der Waals surface area contributed by atoms with E-state index in [9.17, 15) is 8.42 Å². The number of aryl methyl sites for hydroxylation is 1. The summed E-state index contributed by atoms with van der Waals surface area (Å²) in [4.78, 5) is 17.1. The lowest BCUT2D eigenvalue weighted by Gasteiger charge is -2.27. The molecule has 0 unspecified atom stereocenters. The number of halogens is 1. The summed E-state index contributed by atoms with van der Waals surface area (Å²) in [6, 6.07) is 1.68. The molecule has 1 N–H and O–H groups in total. The number of rotatable bonds is 5. The number of nitrogens with one attached hydrogen (secondary N) is 1. The van der Waals surface area contributed by atoms with Gasteiger partial charge in [-0.1, -0.05) is 0 Å². The summed E-state index contributed by atoms with van der Waals surface area (Å²) in [5.41, 5.74) is 2.42. The van der Waals surface area contributed by atoms with Gasteiger partial charge in [-0.15, -0.1) is 11.3 Å². The fourth-order valence-corrected chi connectivity index (χ4v) is 5.37. The maximum atomic E-state index is 11.8. The monoisotopic (exact) mass is 513 g/mol. The normalized spacial score (nSPS) is 14.9. The van der Waals surface area contributed by atoms with Crippen molar-refractivity contribution in [1.29, 1.82) is 0 Å². The second-order valence-electron chi connectivity index (χ2n) is 6.78. The highest BCUT2D eigenvalue weighted by molar-refractivity contribution is 9.10. The van der Waals surface area contributed by atoms with Crippen molar-refractivity contribution < 1.29 is 17.9 Å². The van der Waals surface area contributed by atoms with E-state index in [4.69, 9.17) is 19.4 Å². The van der Waals surface area contributed by atoms with Crippen molar-refractivity contribution >= 4 is 59.1 Å².